The first kappa shape index (κ1) is 19.4. The minimum absolute atomic E-state index is 0.487. The van der Waals surface area contributed by atoms with Crippen molar-refractivity contribution in [1.82, 2.24) is 25.6 Å². The van der Waals surface area contributed by atoms with Gasteiger partial charge in [-0.15, -0.1) is 0 Å². The van der Waals surface area contributed by atoms with Crippen LogP contribution in [0, 0.1) is 0 Å². The van der Waals surface area contributed by atoms with Crippen LogP contribution in [-0.2, 0) is 30.8 Å². The summed E-state index contributed by atoms with van der Waals surface area (Å²) in [5.74, 6) is 1.41. The minimum Gasteiger partial charge on any atom is -0.488 e. The Kier molecular flexibility index (Phi) is 5.41. The molecule has 0 saturated heterocycles. The van der Waals surface area contributed by atoms with E-state index >= 15 is 0 Å². The highest BCUT2D eigenvalue weighted by molar-refractivity contribution is 5.80. The van der Waals surface area contributed by atoms with E-state index in [1.807, 2.05) is 30.3 Å². The van der Waals surface area contributed by atoms with E-state index in [1.54, 1.807) is 0 Å². The summed E-state index contributed by atoms with van der Waals surface area (Å²) in [5, 5.41) is 15.2. The number of aryl methyl sites for hydroxylation is 1. The van der Waals surface area contributed by atoms with Gasteiger partial charge in [0, 0.05) is 29.6 Å². The van der Waals surface area contributed by atoms with Crippen LogP contribution < -0.4 is 9.84 Å². The Hall–Kier alpha value is -3.58. The van der Waals surface area contributed by atoms with Crippen molar-refractivity contribution in [2.24, 2.45) is 0 Å². The zero-order valence-corrected chi connectivity index (χ0v) is 17.3. The van der Waals surface area contributed by atoms with Crippen molar-refractivity contribution in [3.8, 4) is 28.3 Å². The van der Waals surface area contributed by atoms with E-state index in [1.165, 1.54) is 0 Å². The van der Waals surface area contributed by atoms with Crippen molar-refractivity contribution in [1.29, 1.82) is 0 Å². The van der Waals surface area contributed by atoms with Crippen LogP contribution in [-0.4, -0.2) is 27.1 Å². The molecule has 0 fully saturated rings. The van der Waals surface area contributed by atoms with Crippen LogP contribution in [0.2, 0.25) is 0 Å². The topological polar surface area (TPSA) is 84.1 Å². The number of hydrogen-bond acceptors (Lipinski definition) is 6. The molecule has 0 amide bonds. The van der Waals surface area contributed by atoms with Crippen LogP contribution in [0.5, 0.6) is 5.75 Å². The summed E-state index contributed by atoms with van der Waals surface area (Å²) in [5.41, 5.74) is 7.35. The molecule has 0 spiro atoms. The zero-order valence-electron chi connectivity index (χ0n) is 17.3. The molecular weight excluding hydrogens is 390 g/mol. The van der Waals surface area contributed by atoms with Crippen LogP contribution in [0.1, 0.15) is 29.4 Å². The molecule has 0 saturated carbocycles. The minimum atomic E-state index is 0.487. The van der Waals surface area contributed by atoms with E-state index in [4.69, 9.17) is 14.5 Å². The van der Waals surface area contributed by atoms with E-state index in [2.05, 4.69) is 51.8 Å². The van der Waals surface area contributed by atoms with Crippen molar-refractivity contribution in [3.05, 3.63) is 77.1 Å². The molecule has 7 heteroatoms. The number of tetrazole rings is 1. The monoisotopic (exact) mass is 412 g/mol. The average molecular weight is 412 g/mol. The number of ether oxygens (including phenoxy) is 2. The van der Waals surface area contributed by atoms with Gasteiger partial charge in [-0.05, 0) is 28.7 Å². The summed E-state index contributed by atoms with van der Waals surface area (Å²) >= 11 is 0. The number of hydrogen-bond donors (Lipinski definition) is 0. The van der Waals surface area contributed by atoms with Crippen molar-refractivity contribution in [2.75, 3.05) is 6.61 Å². The number of pyridine rings is 1. The van der Waals surface area contributed by atoms with Crippen molar-refractivity contribution in [3.63, 3.8) is 0 Å². The number of fused-ring (bicyclic) bond motifs is 1. The lowest BCUT2D eigenvalue weighted by atomic mass is 9.98. The van der Waals surface area contributed by atoms with Crippen LogP contribution in [0.25, 0.3) is 22.5 Å². The summed E-state index contributed by atoms with van der Waals surface area (Å²) < 4.78 is 11.8. The molecular formula is C24H22N5O2-. The standard InChI is InChI=1S/C24H22N5O2/c1-2-18-13-23(21-15-30-12-11-22(21)25-18)31-14-16-7-9-17(10-8-16)19-5-3-4-6-20(19)24-26-28-29-27-24/h3-10,13H,2,11-12,14-15H2,1H3/q-1. The largest absolute Gasteiger partial charge is 0.488 e. The first-order valence-corrected chi connectivity index (χ1v) is 10.4. The molecule has 0 bridgehead atoms. The number of benzene rings is 2. The van der Waals surface area contributed by atoms with Gasteiger partial charge >= 0.3 is 0 Å². The molecule has 2 aromatic carbocycles. The lowest BCUT2D eigenvalue weighted by Crippen LogP contribution is -2.15. The van der Waals surface area contributed by atoms with Crippen LogP contribution >= 0.6 is 0 Å². The van der Waals surface area contributed by atoms with Crippen molar-refractivity contribution < 1.29 is 9.47 Å². The Morgan fingerprint density at radius 1 is 1.06 bits per heavy atom. The summed E-state index contributed by atoms with van der Waals surface area (Å²) in [6.45, 7) is 3.88. The molecule has 5 rings (SSSR count). The lowest BCUT2D eigenvalue weighted by molar-refractivity contribution is 0.105. The van der Waals surface area contributed by atoms with Gasteiger partial charge in [-0.2, -0.15) is 5.21 Å². The number of rotatable bonds is 6. The van der Waals surface area contributed by atoms with Crippen LogP contribution in [0.3, 0.4) is 0 Å². The average Bonchev–Trinajstić information content (AvgIpc) is 3.37. The maximum absolute atomic E-state index is 6.20. The van der Waals surface area contributed by atoms with Crippen molar-refractivity contribution in [2.45, 2.75) is 33.0 Å². The quantitative estimate of drug-likeness (QED) is 0.477. The molecule has 0 aliphatic carbocycles. The molecule has 2 aromatic heterocycles. The molecule has 1 aliphatic rings. The van der Waals surface area contributed by atoms with Gasteiger partial charge in [0.25, 0.3) is 0 Å². The highest BCUT2D eigenvalue weighted by atomic mass is 16.5. The smallest absolute Gasteiger partial charge is 0.128 e. The molecule has 0 atom stereocenters. The first-order chi connectivity index (χ1) is 15.3. The van der Waals surface area contributed by atoms with Crippen LogP contribution in [0.15, 0.2) is 54.6 Å². The highest BCUT2D eigenvalue weighted by Crippen LogP contribution is 2.31. The van der Waals surface area contributed by atoms with E-state index in [-0.39, 0.29) is 0 Å². The highest BCUT2D eigenvalue weighted by Gasteiger charge is 2.17. The fourth-order valence-electron chi connectivity index (χ4n) is 3.79. The number of aromatic nitrogens is 5. The third-order valence-corrected chi connectivity index (χ3v) is 5.46. The molecule has 4 aromatic rings. The molecule has 31 heavy (non-hydrogen) atoms. The molecule has 7 nitrogen and oxygen atoms in total. The van der Waals surface area contributed by atoms with E-state index < -0.39 is 0 Å². The Labute approximate surface area is 180 Å². The Balaban J connectivity index is 1.36. The fraction of sp³-hybridized carbons (Fsp3) is 0.250. The normalized spacial score (nSPS) is 13.1. The second-order valence-corrected chi connectivity index (χ2v) is 7.43. The molecule has 0 radical (unpaired) electrons. The predicted molar refractivity (Wildman–Crippen MR) is 115 cm³/mol. The molecule has 1 aliphatic heterocycles. The van der Waals surface area contributed by atoms with Gasteiger partial charge in [0.15, 0.2) is 0 Å². The van der Waals surface area contributed by atoms with E-state index in [0.717, 1.165) is 64.4 Å². The fourth-order valence-corrected chi connectivity index (χ4v) is 3.79. The van der Waals surface area contributed by atoms with Gasteiger partial charge < -0.3 is 14.6 Å². The molecule has 0 unspecified atom stereocenters. The maximum atomic E-state index is 6.20. The van der Waals surface area contributed by atoms with Gasteiger partial charge in [0.1, 0.15) is 12.4 Å². The first-order valence-electron chi connectivity index (χ1n) is 10.4. The summed E-state index contributed by atoms with van der Waals surface area (Å²) in [6, 6.07) is 18.4. The van der Waals surface area contributed by atoms with Gasteiger partial charge in [0.05, 0.1) is 18.9 Å². The Morgan fingerprint density at radius 2 is 1.90 bits per heavy atom. The van der Waals surface area contributed by atoms with Crippen LogP contribution in [0.4, 0.5) is 0 Å². The van der Waals surface area contributed by atoms with E-state index in [0.29, 0.717) is 19.0 Å². The molecule has 156 valence electrons. The van der Waals surface area contributed by atoms with Gasteiger partial charge in [-0.25, -0.2) is 0 Å². The second-order valence-electron chi connectivity index (χ2n) is 7.43. The number of nitrogens with zero attached hydrogens (tertiary/aromatic N) is 5. The molecule has 0 N–H and O–H groups in total. The summed E-state index contributed by atoms with van der Waals surface area (Å²) in [6.07, 6.45) is 1.72. The van der Waals surface area contributed by atoms with Crippen molar-refractivity contribution >= 4 is 0 Å². The SMILES string of the molecule is CCc1cc(OCc2ccc(-c3ccccc3-c3nnn[n-]3)cc2)c2c(n1)CCOC2. The van der Waals surface area contributed by atoms with Gasteiger partial charge in [-0.1, -0.05) is 55.5 Å². The maximum Gasteiger partial charge on any atom is 0.128 e. The Morgan fingerprint density at radius 3 is 2.68 bits per heavy atom. The van der Waals surface area contributed by atoms with E-state index in [9.17, 15) is 0 Å². The summed E-state index contributed by atoms with van der Waals surface area (Å²) in [7, 11) is 0. The second kappa shape index (κ2) is 8.65. The third kappa shape index (κ3) is 4.04. The summed E-state index contributed by atoms with van der Waals surface area (Å²) in [4.78, 5) is 4.74. The van der Waals surface area contributed by atoms with Gasteiger partial charge in [-0.3, -0.25) is 15.3 Å². The Bertz CT molecular complexity index is 1170. The zero-order chi connectivity index (χ0) is 21.0. The molecule has 3 heterocycles. The third-order valence-electron chi connectivity index (χ3n) is 5.46. The predicted octanol–water partition coefficient (Wildman–Crippen LogP) is 3.77. The van der Waals surface area contributed by atoms with Gasteiger partial charge in [0.2, 0.25) is 0 Å². The lowest BCUT2D eigenvalue weighted by Gasteiger charge is -2.20.